The van der Waals surface area contributed by atoms with Crippen molar-refractivity contribution in [3.8, 4) is 0 Å². The van der Waals surface area contributed by atoms with Crippen LogP contribution in [0, 0.1) is 0 Å². The highest BCUT2D eigenvalue weighted by Gasteiger charge is 2.31. The van der Waals surface area contributed by atoms with Crippen LogP contribution in [-0.2, 0) is 34.8 Å². The Morgan fingerprint density at radius 1 is 1.43 bits per heavy atom. The highest BCUT2D eigenvalue weighted by atomic mass is 32.2. The predicted octanol–water partition coefficient (Wildman–Crippen LogP) is 2.21. The summed E-state index contributed by atoms with van der Waals surface area (Å²) < 4.78 is 16.7. The highest BCUT2D eigenvalue weighted by molar-refractivity contribution is 7.93. The van der Waals surface area contributed by atoms with Gasteiger partial charge in [-0.15, -0.1) is 15.7 Å². The van der Waals surface area contributed by atoms with E-state index >= 15 is 0 Å². The summed E-state index contributed by atoms with van der Waals surface area (Å²) in [7, 11) is -3.56. The molecule has 5 N–H and O–H groups in total. The first-order valence-electron chi connectivity index (χ1n) is 9.82. The zero-order valence-corrected chi connectivity index (χ0v) is 18.5. The molecule has 0 aromatic carbocycles. The van der Waals surface area contributed by atoms with Crippen molar-refractivity contribution in [3.05, 3.63) is 33.7 Å². The Bertz CT molecular complexity index is 1130. The molecule has 0 spiro atoms. The van der Waals surface area contributed by atoms with Crippen molar-refractivity contribution in [3.63, 3.8) is 0 Å². The number of nitrogens with one attached hydrogen (secondary N) is 1. The fourth-order valence-corrected chi connectivity index (χ4v) is 6.06. The van der Waals surface area contributed by atoms with E-state index in [1.54, 1.807) is 0 Å². The number of aryl methyl sites for hydroxylation is 1. The Labute approximate surface area is 179 Å². The molecule has 0 aliphatic heterocycles. The number of aliphatic hydroxyl groups is 2. The molecule has 30 heavy (non-hydrogen) atoms. The van der Waals surface area contributed by atoms with Gasteiger partial charge in [-0.3, -0.25) is 4.98 Å². The lowest BCUT2D eigenvalue weighted by molar-refractivity contribution is -0.00244. The van der Waals surface area contributed by atoms with Crippen molar-refractivity contribution in [2.24, 2.45) is 9.50 Å². The van der Waals surface area contributed by atoms with Crippen LogP contribution < -0.4 is 10.5 Å². The van der Waals surface area contributed by atoms with Gasteiger partial charge in [0.25, 0.3) is 0 Å². The molecule has 2 heterocycles. The van der Waals surface area contributed by atoms with Gasteiger partial charge in [-0.2, -0.15) is 0 Å². The Hall–Kier alpha value is -1.92. The second-order valence-corrected chi connectivity index (χ2v) is 11.1. The summed E-state index contributed by atoms with van der Waals surface area (Å²) in [6.07, 6.45) is 5.74. The van der Waals surface area contributed by atoms with Gasteiger partial charge >= 0.3 is 6.03 Å². The topological polar surface area (TPSA) is 151 Å². The van der Waals surface area contributed by atoms with E-state index in [2.05, 4.69) is 21.6 Å². The number of hydrogen-bond acceptors (Lipinski definition) is 7. The first-order valence-corrected chi connectivity index (χ1v) is 12.2. The number of fused-ring (bicyclic) bond motifs is 2. The number of nitrogens with zero attached hydrogens (tertiary/aromatic N) is 3. The molecular weight excluding hydrogens is 426 g/mol. The van der Waals surface area contributed by atoms with E-state index in [0.717, 1.165) is 71.6 Å². The number of rotatable bonds is 4. The van der Waals surface area contributed by atoms with Crippen LogP contribution in [0.25, 0.3) is 0 Å². The molecule has 3 atom stereocenters. The average molecular weight is 452 g/mol. The summed E-state index contributed by atoms with van der Waals surface area (Å²) in [6, 6.07) is -0.784. The molecule has 11 heteroatoms. The maximum atomic E-state index is 12.9. The number of carbonyl (C=O) groups excluding carboxylic acids is 1. The summed E-state index contributed by atoms with van der Waals surface area (Å²) in [5.41, 5.74) is 3.27. The maximum Gasteiger partial charge on any atom is 0.354 e. The standard InChI is InChI=1S/C19H25N5O4S2/c1-10-6-7-12-15(10)22-13-5-3-4-11(13)16(12)23-18(26)24-30(20,28)14-8-21-17(29-14)19(2,27)9-25/h8,10,25,27H,3-7,9H2,1-2H3,(H3,20,22,23,24,26,28)/t10-,19+,30?/m0/s1. The molecule has 1 unspecified atom stereocenters. The molecule has 2 amide bonds. The Kier molecular flexibility index (Phi) is 5.43. The van der Waals surface area contributed by atoms with Crippen LogP contribution in [0.4, 0.5) is 10.5 Å². The average Bonchev–Trinajstić information content (AvgIpc) is 3.41. The van der Waals surface area contributed by atoms with Crippen molar-refractivity contribution in [1.82, 2.24) is 9.97 Å². The zero-order chi connectivity index (χ0) is 21.7. The van der Waals surface area contributed by atoms with E-state index in [-0.39, 0.29) is 9.22 Å². The van der Waals surface area contributed by atoms with Crippen molar-refractivity contribution in [2.75, 3.05) is 11.9 Å². The first kappa shape index (κ1) is 21.3. The van der Waals surface area contributed by atoms with Crippen molar-refractivity contribution < 1.29 is 19.2 Å². The summed E-state index contributed by atoms with van der Waals surface area (Å²) in [5.74, 6) is 0.340. The molecule has 2 aliphatic carbocycles. The van der Waals surface area contributed by atoms with E-state index in [0.29, 0.717) is 5.92 Å². The normalized spacial score (nSPS) is 21.4. The van der Waals surface area contributed by atoms with Crippen molar-refractivity contribution in [2.45, 2.75) is 61.7 Å². The van der Waals surface area contributed by atoms with Gasteiger partial charge in [0.15, 0.2) is 9.92 Å². The maximum absolute atomic E-state index is 12.9. The lowest BCUT2D eigenvalue weighted by atomic mass is 10.0. The second-order valence-electron chi connectivity index (χ2n) is 8.08. The minimum absolute atomic E-state index is 0.0557. The number of urea groups is 1. The number of thiazole rings is 1. The number of amides is 2. The number of carbonyl (C=O) groups is 1. The summed E-state index contributed by atoms with van der Waals surface area (Å²) >= 11 is 0.855. The lowest BCUT2D eigenvalue weighted by Crippen LogP contribution is -2.25. The third kappa shape index (κ3) is 3.76. The van der Waals surface area contributed by atoms with Crippen LogP contribution in [0.5, 0.6) is 0 Å². The predicted molar refractivity (Wildman–Crippen MR) is 114 cm³/mol. The van der Waals surface area contributed by atoms with Crippen LogP contribution in [0.15, 0.2) is 14.8 Å². The Morgan fingerprint density at radius 3 is 2.93 bits per heavy atom. The van der Waals surface area contributed by atoms with E-state index in [1.807, 2.05) is 0 Å². The third-order valence-electron chi connectivity index (χ3n) is 5.64. The molecule has 4 rings (SSSR count). The summed E-state index contributed by atoms with van der Waals surface area (Å²) in [5, 5.41) is 28.2. The lowest BCUT2D eigenvalue weighted by Gasteiger charge is -2.16. The van der Waals surface area contributed by atoms with Gasteiger partial charge in [0, 0.05) is 11.4 Å². The molecule has 2 aromatic heterocycles. The first-order chi connectivity index (χ1) is 14.1. The van der Waals surface area contributed by atoms with Crippen molar-refractivity contribution >= 4 is 33.0 Å². The third-order valence-corrected chi connectivity index (χ3v) is 8.77. The number of pyridine rings is 1. The molecule has 0 saturated carbocycles. The Morgan fingerprint density at radius 2 is 2.20 bits per heavy atom. The number of hydrogen-bond donors (Lipinski definition) is 4. The molecule has 162 valence electrons. The van der Waals surface area contributed by atoms with Gasteiger partial charge in [0.2, 0.25) is 0 Å². The molecular formula is C19H25N5O4S2. The number of anilines is 1. The molecule has 0 bridgehead atoms. The minimum Gasteiger partial charge on any atom is -0.393 e. The molecule has 0 radical (unpaired) electrons. The van der Waals surface area contributed by atoms with Gasteiger partial charge in [0.05, 0.1) is 18.5 Å². The summed E-state index contributed by atoms with van der Waals surface area (Å²) in [6.45, 7) is 2.95. The molecule has 0 saturated heterocycles. The van der Waals surface area contributed by atoms with E-state index in [4.69, 9.17) is 10.1 Å². The smallest absolute Gasteiger partial charge is 0.354 e. The van der Waals surface area contributed by atoms with Crippen LogP contribution in [0.3, 0.4) is 0 Å². The molecule has 0 fully saturated rings. The van der Waals surface area contributed by atoms with E-state index in [9.17, 15) is 19.2 Å². The largest absolute Gasteiger partial charge is 0.393 e. The molecule has 2 aromatic rings. The van der Waals surface area contributed by atoms with Gasteiger partial charge in [-0.05, 0) is 56.1 Å². The van der Waals surface area contributed by atoms with Gasteiger partial charge in [-0.25, -0.2) is 19.1 Å². The van der Waals surface area contributed by atoms with E-state index < -0.39 is 28.2 Å². The van der Waals surface area contributed by atoms with Crippen LogP contribution in [-0.4, -0.2) is 37.0 Å². The van der Waals surface area contributed by atoms with E-state index in [1.165, 1.54) is 13.1 Å². The number of nitrogens with two attached hydrogens (primary N) is 1. The highest BCUT2D eigenvalue weighted by Crippen LogP contribution is 2.41. The number of aliphatic hydroxyl groups excluding tert-OH is 1. The fraction of sp³-hybridized carbons (Fsp3) is 0.526. The van der Waals surface area contributed by atoms with Crippen molar-refractivity contribution in [1.29, 1.82) is 0 Å². The zero-order valence-electron chi connectivity index (χ0n) is 16.8. The van der Waals surface area contributed by atoms with Gasteiger partial charge in [-0.1, -0.05) is 6.92 Å². The summed E-state index contributed by atoms with van der Waals surface area (Å²) in [4.78, 5) is 21.5. The minimum atomic E-state index is -3.56. The molecule has 9 nitrogen and oxygen atoms in total. The quantitative estimate of drug-likeness (QED) is 0.559. The van der Waals surface area contributed by atoms with Gasteiger partial charge in [0.1, 0.15) is 14.8 Å². The van der Waals surface area contributed by atoms with Crippen LogP contribution >= 0.6 is 11.3 Å². The molecule has 2 aliphatic rings. The van der Waals surface area contributed by atoms with Gasteiger partial charge < -0.3 is 15.5 Å². The Balaban J connectivity index is 1.65. The van der Waals surface area contributed by atoms with Crippen LogP contribution in [0.1, 0.15) is 60.1 Å². The second kappa shape index (κ2) is 7.65. The van der Waals surface area contributed by atoms with Crippen LogP contribution in [0.2, 0.25) is 0 Å². The monoisotopic (exact) mass is 451 g/mol. The number of aromatic nitrogens is 2. The fourth-order valence-electron chi connectivity index (χ4n) is 3.96. The SMILES string of the molecule is C[C@H]1CCc2c1nc1c(c2NC(=O)N=S(N)(=O)c2cnc([C@](C)(O)CO)s2)CCC1.